The van der Waals surface area contributed by atoms with Crippen molar-refractivity contribution in [3.05, 3.63) is 6.20 Å². The molecule has 0 aromatic carbocycles. The second kappa shape index (κ2) is 4.81. The molecule has 0 radical (unpaired) electrons. The van der Waals surface area contributed by atoms with Crippen LogP contribution in [0.5, 0.6) is 0 Å². The molecule has 1 atom stereocenters. The van der Waals surface area contributed by atoms with E-state index in [1.165, 1.54) is 13.2 Å². The van der Waals surface area contributed by atoms with E-state index in [9.17, 15) is 8.42 Å². The topological polar surface area (TPSA) is 112 Å². The Balaban J connectivity index is 2.83. The lowest BCUT2D eigenvalue weighted by Gasteiger charge is -2.17. The van der Waals surface area contributed by atoms with E-state index < -0.39 is 16.1 Å². The van der Waals surface area contributed by atoms with Gasteiger partial charge < -0.3 is 10.8 Å². The zero-order valence-electron chi connectivity index (χ0n) is 9.21. The highest BCUT2D eigenvalue weighted by molar-refractivity contribution is 7.89. The van der Waals surface area contributed by atoms with Gasteiger partial charge in [-0.25, -0.2) is 12.7 Å². The van der Waals surface area contributed by atoms with Crippen LogP contribution in [0, 0.1) is 0 Å². The molecule has 0 aliphatic rings. The van der Waals surface area contributed by atoms with Crippen LogP contribution in [0.2, 0.25) is 0 Å². The average Bonchev–Trinajstić information content (AvgIpc) is 2.61. The lowest BCUT2D eigenvalue weighted by Crippen LogP contribution is -2.29. The van der Waals surface area contributed by atoms with Gasteiger partial charge in [-0.3, -0.25) is 5.10 Å². The quantitative estimate of drug-likeness (QED) is 0.643. The van der Waals surface area contributed by atoms with Crippen LogP contribution in [0.4, 0.5) is 5.82 Å². The molecule has 0 amide bonds. The number of anilines is 1. The number of aromatic amines is 1. The second-order valence-corrected chi connectivity index (χ2v) is 5.63. The Bertz CT molecular complexity index is 440. The van der Waals surface area contributed by atoms with Crippen molar-refractivity contribution in [1.82, 2.24) is 14.5 Å². The number of rotatable bonds is 5. The maximum atomic E-state index is 11.9. The van der Waals surface area contributed by atoms with E-state index in [1.54, 1.807) is 6.92 Å². The van der Waals surface area contributed by atoms with Gasteiger partial charge in [0.15, 0.2) is 0 Å². The van der Waals surface area contributed by atoms with Crippen LogP contribution < -0.4 is 5.73 Å². The Morgan fingerprint density at radius 3 is 2.75 bits per heavy atom. The van der Waals surface area contributed by atoms with E-state index in [1.807, 2.05) is 0 Å². The van der Waals surface area contributed by atoms with Crippen molar-refractivity contribution in [2.45, 2.75) is 24.3 Å². The van der Waals surface area contributed by atoms with Gasteiger partial charge in [-0.15, -0.1) is 0 Å². The van der Waals surface area contributed by atoms with Crippen LogP contribution in [0.25, 0.3) is 0 Å². The summed E-state index contributed by atoms with van der Waals surface area (Å²) in [5.41, 5.74) is 5.45. The summed E-state index contributed by atoms with van der Waals surface area (Å²) in [5, 5.41) is 15.0. The number of sulfonamides is 1. The number of hydrogen-bond donors (Lipinski definition) is 3. The standard InChI is InChI=1S/C8H16N4O3S/c1-6(13)3-4-12(2)16(14,15)7-5-10-11-8(7)9/h5-6,13H,3-4H2,1-2H3,(H3,9,10,11). The number of H-pyrrole nitrogens is 1. The maximum Gasteiger partial charge on any atom is 0.248 e. The first-order valence-electron chi connectivity index (χ1n) is 4.79. The Morgan fingerprint density at radius 1 is 1.69 bits per heavy atom. The van der Waals surface area contributed by atoms with Crippen molar-refractivity contribution in [3.63, 3.8) is 0 Å². The molecule has 7 nitrogen and oxygen atoms in total. The third-order valence-electron chi connectivity index (χ3n) is 2.18. The zero-order valence-corrected chi connectivity index (χ0v) is 10.0. The fraction of sp³-hybridized carbons (Fsp3) is 0.625. The lowest BCUT2D eigenvalue weighted by atomic mass is 10.3. The molecule has 1 heterocycles. The van der Waals surface area contributed by atoms with Crippen LogP contribution in [0.1, 0.15) is 13.3 Å². The monoisotopic (exact) mass is 248 g/mol. The molecule has 1 unspecified atom stereocenters. The number of nitrogens with zero attached hydrogens (tertiary/aromatic N) is 2. The molecular weight excluding hydrogens is 232 g/mol. The number of aliphatic hydroxyl groups excluding tert-OH is 1. The molecule has 0 saturated heterocycles. The van der Waals surface area contributed by atoms with Crippen molar-refractivity contribution >= 4 is 15.8 Å². The highest BCUT2D eigenvalue weighted by Crippen LogP contribution is 2.18. The molecule has 16 heavy (non-hydrogen) atoms. The maximum absolute atomic E-state index is 11.9. The third-order valence-corrected chi connectivity index (χ3v) is 4.07. The first kappa shape index (κ1) is 12.9. The second-order valence-electron chi connectivity index (χ2n) is 3.61. The fourth-order valence-electron chi connectivity index (χ4n) is 1.15. The SMILES string of the molecule is CC(O)CCN(C)S(=O)(=O)c1cn[nH]c1N. The Labute approximate surface area is 94.3 Å². The summed E-state index contributed by atoms with van der Waals surface area (Å²) in [4.78, 5) is -0.0411. The van der Waals surface area contributed by atoms with Crippen LogP contribution >= 0.6 is 0 Å². The average molecular weight is 248 g/mol. The van der Waals surface area contributed by atoms with E-state index in [0.29, 0.717) is 6.42 Å². The smallest absolute Gasteiger partial charge is 0.248 e. The van der Waals surface area contributed by atoms with Gasteiger partial charge in [-0.1, -0.05) is 0 Å². The minimum atomic E-state index is -3.62. The highest BCUT2D eigenvalue weighted by Gasteiger charge is 2.24. The van der Waals surface area contributed by atoms with Gasteiger partial charge in [0.2, 0.25) is 10.0 Å². The first-order chi connectivity index (χ1) is 7.35. The number of aromatic nitrogens is 2. The third kappa shape index (κ3) is 2.71. The van der Waals surface area contributed by atoms with Crippen molar-refractivity contribution < 1.29 is 13.5 Å². The fourth-order valence-corrected chi connectivity index (χ4v) is 2.34. The highest BCUT2D eigenvalue weighted by atomic mass is 32.2. The summed E-state index contributed by atoms with van der Waals surface area (Å²) in [6.07, 6.45) is 0.996. The number of nitrogen functional groups attached to an aromatic ring is 1. The summed E-state index contributed by atoms with van der Waals surface area (Å²) >= 11 is 0. The predicted molar refractivity (Wildman–Crippen MR) is 59.1 cm³/mol. The molecule has 0 fully saturated rings. The molecule has 1 aromatic rings. The molecule has 0 aliphatic heterocycles. The summed E-state index contributed by atoms with van der Waals surface area (Å²) < 4.78 is 25.0. The molecule has 0 aliphatic carbocycles. The Kier molecular flexibility index (Phi) is 3.89. The van der Waals surface area contributed by atoms with Gasteiger partial charge in [0.05, 0.1) is 12.3 Å². The van der Waals surface area contributed by atoms with E-state index in [-0.39, 0.29) is 17.3 Å². The predicted octanol–water partition coefficient (Wildman–Crippen LogP) is -0.617. The van der Waals surface area contributed by atoms with E-state index in [0.717, 1.165) is 4.31 Å². The summed E-state index contributed by atoms with van der Waals surface area (Å²) in [6.45, 7) is 1.83. The Morgan fingerprint density at radius 2 is 2.31 bits per heavy atom. The van der Waals surface area contributed by atoms with Gasteiger partial charge in [0.25, 0.3) is 0 Å². The van der Waals surface area contributed by atoms with Crippen LogP contribution in [-0.2, 0) is 10.0 Å². The van der Waals surface area contributed by atoms with Crippen molar-refractivity contribution in [2.24, 2.45) is 0 Å². The molecule has 92 valence electrons. The minimum absolute atomic E-state index is 0.0175. The van der Waals surface area contributed by atoms with E-state index in [2.05, 4.69) is 10.2 Å². The molecule has 1 rings (SSSR count). The van der Waals surface area contributed by atoms with Crippen molar-refractivity contribution in [3.8, 4) is 0 Å². The molecule has 0 bridgehead atoms. The first-order valence-corrected chi connectivity index (χ1v) is 6.23. The summed E-state index contributed by atoms with van der Waals surface area (Å²) in [7, 11) is -2.18. The molecule has 8 heteroatoms. The number of hydrogen-bond acceptors (Lipinski definition) is 5. The van der Waals surface area contributed by atoms with Crippen LogP contribution in [-0.4, -0.2) is 47.7 Å². The normalized spacial score (nSPS) is 14.2. The number of nitrogens with one attached hydrogen (secondary N) is 1. The molecule has 1 aromatic heterocycles. The van der Waals surface area contributed by atoms with Crippen LogP contribution in [0.3, 0.4) is 0 Å². The molecule has 0 saturated carbocycles. The van der Waals surface area contributed by atoms with Gasteiger partial charge in [0.1, 0.15) is 10.7 Å². The van der Waals surface area contributed by atoms with Crippen molar-refractivity contribution in [1.29, 1.82) is 0 Å². The van der Waals surface area contributed by atoms with E-state index >= 15 is 0 Å². The van der Waals surface area contributed by atoms with Crippen LogP contribution in [0.15, 0.2) is 11.1 Å². The van der Waals surface area contributed by atoms with Gasteiger partial charge in [-0.05, 0) is 13.3 Å². The minimum Gasteiger partial charge on any atom is -0.393 e. The summed E-state index contributed by atoms with van der Waals surface area (Å²) in [5.74, 6) is 0.0175. The summed E-state index contributed by atoms with van der Waals surface area (Å²) in [6, 6.07) is 0. The van der Waals surface area contributed by atoms with E-state index in [4.69, 9.17) is 10.8 Å². The molecule has 4 N–H and O–H groups in total. The lowest BCUT2D eigenvalue weighted by molar-refractivity contribution is 0.177. The molecular formula is C8H16N4O3S. The van der Waals surface area contributed by atoms with Crippen molar-refractivity contribution in [2.75, 3.05) is 19.3 Å². The number of aliphatic hydroxyl groups is 1. The van der Waals surface area contributed by atoms with Gasteiger partial charge in [0, 0.05) is 13.6 Å². The Hall–Kier alpha value is -1.12. The zero-order chi connectivity index (χ0) is 12.3. The van der Waals surface area contributed by atoms with Gasteiger partial charge in [-0.2, -0.15) is 5.10 Å². The molecule has 0 spiro atoms. The largest absolute Gasteiger partial charge is 0.393 e. The van der Waals surface area contributed by atoms with Gasteiger partial charge >= 0.3 is 0 Å². The number of nitrogens with two attached hydrogens (primary N) is 1.